The lowest BCUT2D eigenvalue weighted by Gasteiger charge is -2.24. The molecule has 0 saturated carbocycles. The Bertz CT molecular complexity index is 1180. The quantitative estimate of drug-likeness (QED) is 0.425. The van der Waals surface area contributed by atoms with Gasteiger partial charge in [-0.3, -0.25) is 0 Å². The van der Waals surface area contributed by atoms with Crippen LogP contribution in [0.1, 0.15) is 43.4 Å². The Morgan fingerprint density at radius 1 is 0.868 bits per heavy atom. The minimum atomic E-state index is -5.12. The average Bonchev–Trinajstić information content (AvgIpc) is 3.17. The van der Waals surface area contributed by atoms with Gasteiger partial charge in [-0.05, 0) is 56.7 Å². The minimum Gasteiger partial charge on any atom is -0.444 e. The molecular weight excluding hydrogens is 530 g/mol. The Hall–Kier alpha value is -3.58. The molecule has 38 heavy (non-hydrogen) atoms. The van der Waals surface area contributed by atoms with Crippen LogP contribution in [0.3, 0.4) is 0 Å². The first-order chi connectivity index (χ1) is 17.3. The van der Waals surface area contributed by atoms with Crippen LogP contribution in [0.25, 0.3) is 0 Å². The summed E-state index contributed by atoms with van der Waals surface area (Å²) >= 11 is 0. The van der Waals surface area contributed by atoms with E-state index in [2.05, 4.69) is 5.32 Å². The summed E-state index contributed by atoms with van der Waals surface area (Å²) in [7, 11) is 0. The van der Waals surface area contributed by atoms with E-state index >= 15 is 0 Å². The first-order valence-electron chi connectivity index (χ1n) is 11.1. The van der Waals surface area contributed by atoms with Crippen molar-refractivity contribution < 1.29 is 49.4 Å². The summed E-state index contributed by atoms with van der Waals surface area (Å²) in [6, 6.07) is 1.37. The van der Waals surface area contributed by atoms with Gasteiger partial charge in [0, 0.05) is 24.7 Å². The maximum Gasteiger partial charge on any atom is 0.416 e. The number of halogens is 8. The minimum absolute atomic E-state index is 0.0854. The SMILES string of the molecule is CC(C)(C)OC(=O)N1C[C@@H](NC(=O)Nc2cc(C(F)(F)F)cc(C(F)(F)F)c2)[C@H](c2ccc(F)c(F)c2)C1. The van der Waals surface area contributed by atoms with Crippen molar-refractivity contribution in [1.29, 1.82) is 0 Å². The van der Waals surface area contributed by atoms with Crippen LogP contribution in [0.2, 0.25) is 0 Å². The van der Waals surface area contributed by atoms with E-state index in [-0.39, 0.29) is 24.7 Å². The summed E-state index contributed by atoms with van der Waals surface area (Å²) in [5.41, 5.74) is -4.72. The number of carbonyl (C=O) groups is 2. The summed E-state index contributed by atoms with van der Waals surface area (Å²) in [6.45, 7) is 4.54. The maximum atomic E-state index is 13.9. The number of nitrogens with zero attached hydrogens (tertiary/aromatic N) is 1. The lowest BCUT2D eigenvalue weighted by Crippen LogP contribution is -2.43. The normalized spacial score (nSPS) is 18.3. The van der Waals surface area contributed by atoms with Crippen molar-refractivity contribution in [2.24, 2.45) is 0 Å². The number of nitrogens with one attached hydrogen (secondary N) is 2. The molecule has 2 aromatic carbocycles. The Kier molecular flexibility index (Phi) is 7.85. The number of hydrogen-bond acceptors (Lipinski definition) is 3. The third-order valence-electron chi connectivity index (χ3n) is 5.51. The van der Waals surface area contributed by atoms with E-state index in [1.807, 2.05) is 5.32 Å². The molecule has 6 nitrogen and oxygen atoms in total. The number of ether oxygens (including phenoxy) is 1. The van der Waals surface area contributed by atoms with Gasteiger partial charge in [0.2, 0.25) is 0 Å². The molecule has 1 aliphatic rings. The van der Waals surface area contributed by atoms with Crippen molar-refractivity contribution in [3.05, 3.63) is 64.7 Å². The van der Waals surface area contributed by atoms with Crippen LogP contribution in [-0.4, -0.2) is 41.8 Å². The fourth-order valence-corrected chi connectivity index (χ4v) is 3.87. The van der Waals surface area contributed by atoms with Gasteiger partial charge in [-0.1, -0.05) is 6.07 Å². The van der Waals surface area contributed by atoms with Gasteiger partial charge in [0.15, 0.2) is 11.6 Å². The van der Waals surface area contributed by atoms with Crippen molar-refractivity contribution >= 4 is 17.8 Å². The highest BCUT2D eigenvalue weighted by Crippen LogP contribution is 2.37. The monoisotopic (exact) mass is 553 g/mol. The molecule has 0 radical (unpaired) electrons. The third-order valence-corrected chi connectivity index (χ3v) is 5.51. The van der Waals surface area contributed by atoms with E-state index in [1.165, 1.54) is 11.0 Å². The van der Waals surface area contributed by atoms with Gasteiger partial charge >= 0.3 is 24.5 Å². The number of amides is 3. The second-order valence-electron chi connectivity index (χ2n) is 9.66. The highest BCUT2D eigenvalue weighted by molar-refractivity contribution is 5.90. The van der Waals surface area contributed by atoms with E-state index in [1.54, 1.807) is 20.8 Å². The van der Waals surface area contributed by atoms with Crippen LogP contribution in [-0.2, 0) is 17.1 Å². The number of alkyl halides is 6. The van der Waals surface area contributed by atoms with Crippen LogP contribution >= 0.6 is 0 Å². The topological polar surface area (TPSA) is 70.7 Å². The number of benzene rings is 2. The summed E-state index contributed by atoms with van der Waals surface area (Å²) in [5.74, 6) is -3.14. The second kappa shape index (κ2) is 10.3. The summed E-state index contributed by atoms with van der Waals surface area (Å²) < 4.78 is 111. The maximum absolute atomic E-state index is 13.9. The molecule has 2 aromatic rings. The number of anilines is 1. The molecule has 1 aliphatic heterocycles. The van der Waals surface area contributed by atoms with Crippen molar-refractivity contribution in [3.63, 3.8) is 0 Å². The van der Waals surface area contributed by atoms with Gasteiger partial charge < -0.3 is 20.3 Å². The predicted molar refractivity (Wildman–Crippen MR) is 119 cm³/mol. The Morgan fingerprint density at radius 2 is 1.45 bits per heavy atom. The van der Waals surface area contributed by atoms with Gasteiger partial charge in [0.05, 0.1) is 17.2 Å². The van der Waals surface area contributed by atoms with Crippen molar-refractivity contribution in [2.45, 2.75) is 50.7 Å². The van der Waals surface area contributed by atoms with E-state index < -0.39 is 70.5 Å². The number of rotatable bonds is 3. The van der Waals surface area contributed by atoms with E-state index in [4.69, 9.17) is 4.74 Å². The zero-order valence-corrected chi connectivity index (χ0v) is 20.2. The number of carbonyl (C=O) groups excluding carboxylic acids is 2. The van der Waals surface area contributed by atoms with Crippen molar-refractivity contribution in [2.75, 3.05) is 18.4 Å². The summed E-state index contributed by atoms with van der Waals surface area (Å²) in [4.78, 5) is 26.4. The third kappa shape index (κ3) is 7.25. The molecule has 0 bridgehead atoms. The lowest BCUT2D eigenvalue weighted by molar-refractivity contribution is -0.143. The second-order valence-corrected chi connectivity index (χ2v) is 9.66. The van der Waals surface area contributed by atoms with Gasteiger partial charge in [-0.2, -0.15) is 26.3 Å². The van der Waals surface area contributed by atoms with Gasteiger partial charge in [-0.15, -0.1) is 0 Å². The fourth-order valence-electron chi connectivity index (χ4n) is 3.87. The fraction of sp³-hybridized carbons (Fsp3) is 0.417. The molecule has 0 aromatic heterocycles. The molecule has 0 unspecified atom stereocenters. The predicted octanol–water partition coefficient (Wildman–Crippen LogP) is 6.53. The standard InChI is InChI=1S/C24H23F8N3O3/c1-22(2,3)38-21(37)35-10-16(12-4-5-17(25)18(26)6-12)19(11-35)34-20(36)33-15-8-13(23(27,28)29)7-14(9-15)24(30,31)32/h4-9,16,19H,10-11H2,1-3H3,(H2,33,34,36)/t16-,19+/m0/s1. The highest BCUT2D eigenvalue weighted by atomic mass is 19.4. The molecule has 0 spiro atoms. The molecule has 1 heterocycles. The molecule has 1 saturated heterocycles. The number of hydrogen-bond donors (Lipinski definition) is 2. The molecule has 208 valence electrons. The Labute approximate surface area is 211 Å². The number of urea groups is 1. The molecule has 0 aliphatic carbocycles. The zero-order chi connectivity index (χ0) is 28.6. The van der Waals surface area contributed by atoms with Crippen LogP contribution < -0.4 is 10.6 Å². The van der Waals surface area contributed by atoms with Gasteiger partial charge in [0.1, 0.15) is 5.60 Å². The zero-order valence-electron chi connectivity index (χ0n) is 20.2. The average molecular weight is 553 g/mol. The molecule has 3 rings (SSSR count). The molecule has 1 fully saturated rings. The van der Waals surface area contributed by atoms with Gasteiger partial charge in [0.25, 0.3) is 0 Å². The van der Waals surface area contributed by atoms with E-state index in [0.29, 0.717) is 12.1 Å². The van der Waals surface area contributed by atoms with Crippen LogP contribution in [0.5, 0.6) is 0 Å². The Morgan fingerprint density at radius 3 is 1.95 bits per heavy atom. The van der Waals surface area contributed by atoms with Crippen molar-refractivity contribution in [1.82, 2.24) is 10.2 Å². The Balaban J connectivity index is 1.86. The molecule has 2 atom stereocenters. The van der Waals surface area contributed by atoms with Crippen LogP contribution in [0.15, 0.2) is 36.4 Å². The molecule has 3 amide bonds. The van der Waals surface area contributed by atoms with Crippen LogP contribution in [0, 0.1) is 11.6 Å². The highest BCUT2D eigenvalue weighted by Gasteiger charge is 2.40. The number of likely N-dealkylation sites (tertiary alicyclic amines) is 1. The summed E-state index contributed by atoms with van der Waals surface area (Å²) in [6.07, 6.45) is -11.0. The van der Waals surface area contributed by atoms with E-state index in [9.17, 15) is 44.7 Å². The first kappa shape index (κ1) is 29.0. The molecule has 2 N–H and O–H groups in total. The van der Waals surface area contributed by atoms with Gasteiger partial charge in [-0.25, -0.2) is 18.4 Å². The smallest absolute Gasteiger partial charge is 0.416 e. The van der Waals surface area contributed by atoms with Crippen molar-refractivity contribution in [3.8, 4) is 0 Å². The van der Waals surface area contributed by atoms with E-state index in [0.717, 1.165) is 12.1 Å². The molecule has 14 heteroatoms. The molecular formula is C24H23F8N3O3. The largest absolute Gasteiger partial charge is 0.444 e. The van der Waals surface area contributed by atoms with Crippen LogP contribution in [0.4, 0.5) is 50.4 Å². The first-order valence-corrected chi connectivity index (χ1v) is 11.1. The summed E-state index contributed by atoms with van der Waals surface area (Å²) in [5, 5.41) is 4.35. The lowest BCUT2D eigenvalue weighted by atomic mass is 9.94.